The number of amides is 1. The van der Waals surface area contributed by atoms with E-state index in [4.69, 9.17) is 9.84 Å². The number of ether oxygens (including phenoxy) is 1. The van der Waals surface area contributed by atoms with Gasteiger partial charge in [0.1, 0.15) is 0 Å². The van der Waals surface area contributed by atoms with Crippen LogP contribution in [-0.4, -0.2) is 72.7 Å². The zero-order valence-electron chi connectivity index (χ0n) is 31.9. The molecule has 7 nitrogen and oxygen atoms in total. The number of methoxy groups -OCH3 is 1. The Morgan fingerprint density at radius 2 is 1.70 bits per heavy atom. The van der Waals surface area contributed by atoms with Crippen LogP contribution in [0.5, 0.6) is 5.75 Å². The summed E-state index contributed by atoms with van der Waals surface area (Å²) in [6, 6.07) is 12.6. The maximum Gasteiger partial charge on any atom is 3.00 e. The maximum absolute atomic E-state index is 13.7. The number of rotatable bonds is 15. The third-order valence-electron chi connectivity index (χ3n) is 7.26. The van der Waals surface area contributed by atoms with Crippen molar-refractivity contribution in [2.24, 2.45) is 10.9 Å². The van der Waals surface area contributed by atoms with Crippen molar-refractivity contribution < 1.29 is 89.2 Å². The standard InChI is InChI=1S/C18H25FN2O.C11H19NO2.C9H9O.C2H6.2Y/c1-7-10-21(5)15(4)14(3)20-12-13(2)16-8-9-18(22-6)17(19)11-16;1-4-10(5-2)11(14)12(6-3)8-7-9-13;1-2-8-3-5-9(7-10)6-4-8;1-2;;/h7-12,15H,1-6H3;7,10,13H,1-6,8-9H2;3-6H,2H2,1H3;1-2H3;;/q;-4;-1;;;+3/b10-7-,13-12+,20-14?;;;;;. The summed E-state index contributed by atoms with van der Waals surface area (Å²) < 4.78 is 18.7. The molecule has 273 valence electrons. The minimum Gasteiger partial charge on any atom is -0.494 e. The van der Waals surface area contributed by atoms with Gasteiger partial charge in [0.2, 0.25) is 5.91 Å². The minimum absolute atomic E-state index is 0. The summed E-state index contributed by atoms with van der Waals surface area (Å²) in [5.74, 6) is -0.217. The van der Waals surface area contributed by atoms with Crippen LogP contribution >= 0.6 is 0 Å². The van der Waals surface area contributed by atoms with Crippen molar-refractivity contribution in [3.05, 3.63) is 111 Å². The Hall–Kier alpha value is -1.57. The number of aliphatic hydroxyl groups is 1. The molecule has 0 aliphatic carbocycles. The number of nitrogens with zero attached hydrogens (tertiary/aromatic N) is 3. The Labute approximate surface area is 354 Å². The third kappa shape index (κ3) is 22.4. The number of benzene rings is 2. The third-order valence-corrected chi connectivity index (χ3v) is 7.26. The fourth-order valence-electron chi connectivity index (χ4n) is 3.91. The molecule has 0 heterocycles. The van der Waals surface area contributed by atoms with E-state index in [1.165, 1.54) is 18.7 Å². The predicted molar refractivity (Wildman–Crippen MR) is 200 cm³/mol. The van der Waals surface area contributed by atoms with E-state index in [0.717, 1.165) is 23.3 Å². The van der Waals surface area contributed by atoms with Gasteiger partial charge in [0, 0.05) is 51.7 Å². The smallest absolute Gasteiger partial charge is 0.494 e. The molecule has 0 bridgehead atoms. The Balaban J connectivity index is -0.000000326. The van der Waals surface area contributed by atoms with Gasteiger partial charge in [-0.3, -0.25) is 16.2 Å². The zero-order chi connectivity index (χ0) is 37.1. The first-order chi connectivity index (χ1) is 23.0. The predicted octanol–water partition coefficient (Wildman–Crippen LogP) is 8.15. The molecule has 0 aliphatic heterocycles. The van der Waals surface area contributed by atoms with Crippen molar-refractivity contribution in [2.45, 2.75) is 73.8 Å². The topological polar surface area (TPSA) is 82.4 Å². The van der Waals surface area contributed by atoms with E-state index in [1.807, 2.05) is 78.4 Å². The molecule has 1 unspecified atom stereocenters. The molecule has 0 aromatic heterocycles. The van der Waals surface area contributed by atoms with Gasteiger partial charge in [-0.1, -0.05) is 45.1 Å². The molecular weight excluding hydrogens is 783 g/mol. The monoisotopic (exact) mass is 842 g/mol. The molecule has 0 saturated heterocycles. The van der Waals surface area contributed by atoms with E-state index in [0.29, 0.717) is 31.5 Å². The van der Waals surface area contributed by atoms with Gasteiger partial charge in [0.25, 0.3) is 0 Å². The number of halogens is 1. The summed E-state index contributed by atoms with van der Waals surface area (Å²) in [5.41, 5.74) is 4.57. The number of carbonyl (C=O) groups excluding carboxylic acids is 2. The number of aliphatic hydroxyl groups excluding tert-OH is 1. The number of allylic oxidation sites excluding steroid dienone is 2. The molecule has 0 spiro atoms. The van der Waals surface area contributed by atoms with Crippen molar-refractivity contribution in [1.82, 2.24) is 9.80 Å². The van der Waals surface area contributed by atoms with E-state index in [1.54, 1.807) is 35.7 Å². The van der Waals surface area contributed by atoms with E-state index in [-0.39, 0.29) is 101 Å². The number of carbonyl (C=O) groups is 1. The molecule has 0 aliphatic rings. The van der Waals surface area contributed by atoms with Gasteiger partial charge >= 0.3 is 32.7 Å². The minimum atomic E-state index is -0.366. The van der Waals surface area contributed by atoms with Gasteiger partial charge < -0.3 is 45.2 Å². The Morgan fingerprint density at radius 3 is 2.12 bits per heavy atom. The van der Waals surface area contributed by atoms with Crippen molar-refractivity contribution in [1.29, 1.82) is 0 Å². The Bertz CT molecular complexity index is 1250. The summed E-state index contributed by atoms with van der Waals surface area (Å²) in [6.07, 6.45) is 11.4. The fraction of sp³-hybridized carbons (Fsp3) is 0.425. The van der Waals surface area contributed by atoms with E-state index >= 15 is 0 Å². The summed E-state index contributed by atoms with van der Waals surface area (Å²) in [4.78, 5) is 30.0. The van der Waals surface area contributed by atoms with Crippen LogP contribution in [0.3, 0.4) is 0 Å². The van der Waals surface area contributed by atoms with Gasteiger partial charge in [-0.2, -0.15) is 30.5 Å². The van der Waals surface area contributed by atoms with Gasteiger partial charge in [0.15, 0.2) is 11.6 Å². The summed E-state index contributed by atoms with van der Waals surface area (Å²) in [7, 11) is 3.47. The van der Waals surface area contributed by atoms with Gasteiger partial charge in [-0.15, -0.1) is 25.2 Å². The number of hydrogen-bond donors (Lipinski definition) is 1. The summed E-state index contributed by atoms with van der Waals surface area (Å²) in [5, 5.41) is 8.61. The van der Waals surface area contributed by atoms with Gasteiger partial charge in [0.05, 0.1) is 19.4 Å². The second kappa shape index (κ2) is 34.5. The van der Waals surface area contributed by atoms with Gasteiger partial charge in [-0.25, -0.2) is 4.39 Å². The van der Waals surface area contributed by atoms with Crippen LogP contribution in [0.4, 0.5) is 4.39 Å². The van der Waals surface area contributed by atoms with Crippen molar-refractivity contribution >= 4 is 23.5 Å². The second-order valence-electron chi connectivity index (χ2n) is 10.4. The van der Waals surface area contributed by atoms with Crippen LogP contribution in [0, 0.1) is 38.9 Å². The molecule has 1 amide bonds. The average Bonchev–Trinajstić information content (AvgIpc) is 3.12. The fourth-order valence-corrected chi connectivity index (χ4v) is 3.91. The van der Waals surface area contributed by atoms with Crippen molar-refractivity contribution in [3.63, 3.8) is 0 Å². The average molecular weight is 843 g/mol. The molecule has 50 heavy (non-hydrogen) atoms. The van der Waals surface area contributed by atoms with Crippen LogP contribution in [0.2, 0.25) is 0 Å². The largest absolute Gasteiger partial charge is 3.00 e. The zero-order valence-corrected chi connectivity index (χ0v) is 37.6. The van der Waals surface area contributed by atoms with Crippen molar-refractivity contribution in [2.75, 3.05) is 33.9 Å². The molecular formula is C40H59FN3O4Y2-2. The van der Waals surface area contributed by atoms with Crippen molar-refractivity contribution in [3.8, 4) is 5.75 Å². The van der Waals surface area contributed by atoms with Crippen LogP contribution in [0.25, 0.3) is 5.57 Å². The Morgan fingerprint density at radius 1 is 1.12 bits per heavy atom. The summed E-state index contributed by atoms with van der Waals surface area (Å²) in [6.45, 7) is 26.0. The molecule has 2 rings (SSSR count). The molecule has 1 atom stereocenters. The number of aliphatic imine (C=N–C) groups is 1. The van der Waals surface area contributed by atoms with E-state index in [2.05, 4.69) is 44.5 Å². The first-order valence-corrected chi connectivity index (χ1v) is 16.4. The SMILES string of the molecule is C/C=C\N(C)C(C)C(C)=N/C=C(\C)c1ccc(OC)c(F)c1.CC.CCc1ccc([C-]=O)cc1.[CH2-]CC(C[CH2-])C(=O)N(C[CH2-])C[CH-]CO.[Y+3].[Y]. The molecule has 1 N–H and O–H groups in total. The second-order valence-corrected chi connectivity index (χ2v) is 10.4. The number of hydrogen-bond acceptors (Lipinski definition) is 6. The van der Waals surface area contributed by atoms with E-state index < -0.39 is 0 Å². The molecule has 0 fully saturated rings. The molecule has 10 heteroatoms. The van der Waals surface area contributed by atoms with Crippen LogP contribution in [0.15, 0.2) is 65.9 Å². The molecule has 0 saturated carbocycles. The first-order valence-electron chi connectivity index (χ1n) is 16.4. The quantitative estimate of drug-likeness (QED) is 0.145. The molecule has 2 aromatic rings. The first kappa shape index (κ1) is 55.2. The molecule has 2 aromatic carbocycles. The van der Waals surface area contributed by atoms with Crippen LogP contribution in [-0.2, 0) is 81.4 Å². The van der Waals surface area contributed by atoms with Crippen LogP contribution < -0.4 is 4.74 Å². The van der Waals surface area contributed by atoms with E-state index in [9.17, 15) is 14.0 Å². The number of aryl methyl sites for hydroxylation is 1. The normalized spacial score (nSPS) is 11.3. The van der Waals surface area contributed by atoms with Gasteiger partial charge in [-0.05, 0) is 69.5 Å². The van der Waals surface area contributed by atoms with Crippen LogP contribution in [0.1, 0.15) is 78.0 Å². The maximum atomic E-state index is 13.7. The molecule has 1 radical (unpaired) electrons. The Kier molecular flexibility index (Phi) is 38.1. The summed E-state index contributed by atoms with van der Waals surface area (Å²) >= 11 is 0.